The molecule has 1 aliphatic carbocycles. The quantitative estimate of drug-likeness (QED) is 0.181. The van der Waals surface area contributed by atoms with E-state index in [1.54, 1.807) is 0 Å². The Balaban J connectivity index is 1.05. The maximum Gasteiger partial charge on any atom is 0.148 e. The summed E-state index contributed by atoms with van der Waals surface area (Å²) in [6.07, 6.45) is 2.81. The number of hydrogen-bond acceptors (Lipinski definition) is 4. The van der Waals surface area contributed by atoms with Gasteiger partial charge >= 0.3 is 0 Å². The molecule has 0 spiro atoms. The highest BCUT2D eigenvalue weighted by molar-refractivity contribution is 5.76. The van der Waals surface area contributed by atoms with Crippen LogP contribution in [0.4, 0.5) is 0 Å². The smallest absolute Gasteiger partial charge is 0.148 e. The summed E-state index contributed by atoms with van der Waals surface area (Å²) in [6, 6.07) is 40.2. The number of likely N-dealkylation sites (tertiary alicyclic amines) is 1. The lowest BCUT2D eigenvalue weighted by Gasteiger charge is -2.38. The number of hydrogen-bond donors (Lipinski definition) is 0. The number of rotatable bonds is 11. The first kappa shape index (κ1) is 27.4. The molecule has 0 unspecified atom stereocenters. The van der Waals surface area contributed by atoms with Gasteiger partial charge in [-0.15, -0.1) is 0 Å². The monoisotopic (exact) mass is 542 g/mol. The highest BCUT2D eigenvalue weighted by Gasteiger charge is 2.40. The second kappa shape index (κ2) is 11.6. The van der Waals surface area contributed by atoms with Gasteiger partial charge in [0.15, 0.2) is 0 Å². The van der Waals surface area contributed by atoms with Gasteiger partial charge in [-0.25, -0.2) is 0 Å². The normalized spacial score (nSPS) is 18.6. The number of fused-ring (bicyclic) bond motifs is 1. The van der Waals surface area contributed by atoms with Crippen molar-refractivity contribution in [3.63, 3.8) is 0 Å². The Kier molecular flexibility index (Phi) is 7.77. The predicted octanol–water partition coefficient (Wildman–Crippen LogP) is 7.89. The molecule has 1 saturated heterocycles. The Bertz CT molecular complexity index is 1460. The van der Waals surface area contributed by atoms with Crippen molar-refractivity contribution in [1.29, 1.82) is 5.26 Å². The lowest BCUT2D eigenvalue weighted by Crippen LogP contribution is -2.44. The summed E-state index contributed by atoms with van der Waals surface area (Å²) in [5.74, 6) is 0. The molecule has 41 heavy (non-hydrogen) atoms. The summed E-state index contributed by atoms with van der Waals surface area (Å²) < 4.78 is 12.4. The van der Waals surface area contributed by atoms with Gasteiger partial charge in [0.1, 0.15) is 18.3 Å². The van der Waals surface area contributed by atoms with Crippen LogP contribution in [0.1, 0.15) is 61.5 Å². The minimum Gasteiger partial charge on any atom is -0.351 e. The second-order valence-electron chi connectivity index (χ2n) is 11.9. The maximum atomic E-state index is 10.6. The summed E-state index contributed by atoms with van der Waals surface area (Å²) in [6.45, 7) is 6.76. The van der Waals surface area contributed by atoms with Crippen LogP contribution in [0.3, 0.4) is 0 Å². The molecule has 4 aromatic carbocycles. The Morgan fingerprint density at radius 2 is 1.41 bits per heavy atom. The molecule has 0 N–H and O–H groups in total. The van der Waals surface area contributed by atoms with Crippen molar-refractivity contribution in [2.45, 2.75) is 56.3 Å². The zero-order valence-electron chi connectivity index (χ0n) is 24.0. The topological polar surface area (TPSA) is 45.5 Å². The van der Waals surface area contributed by atoms with Crippen molar-refractivity contribution >= 4 is 0 Å². The van der Waals surface area contributed by atoms with Crippen LogP contribution < -0.4 is 0 Å². The van der Waals surface area contributed by atoms with Crippen molar-refractivity contribution in [3.8, 4) is 17.2 Å². The summed E-state index contributed by atoms with van der Waals surface area (Å²) in [4.78, 5) is 2.52. The number of ether oxygens (including phenoxy) is 2. The van der Waals surface area contributed by atoms with Crippen LogP contribution in [-0.2, 0) is 14.9 Å². The first-order chi connectivity index (χ1) is 20.0. The standard InChI is InChI=1S/C37H38N2O2/c1-36(2,22-23-37(26-38,29-15-8-4-9-16-29)30-17-10-5-11-18-30)39-24-21-31(25-39)40-27-41-35-33-20-12-19-32(34(33)35)28-13-6-3-7-14-28/h3-20,31,35H,21-25,27H2,1-2H3/t31-,35-/m0/s1. The summed E-state index contributed by atoms with van der Waals surface area (Å²) in [5, 5.41) is 10.6. The molecule has 2 aliphatic rings. The fourth-order valence-electron chi connectivity index (χ4n) is 6.43. The fourth-order valence-corrected chi connectivity index (χ4v) is 6.43. The molecule has 4 nitrogen and oxygen atoms in total. The molecule has 4 aromatic rings. The Labute approximate surface area is 244 Å². The van der Waals surface area contributed by atoms with E-state index in [2.05, 4.69) is 91.5 Å². The molecule has 4 heteroatoms. The molecule has 1 heterocycles. The van der Waals surface area contributed by atoms with E-state index in [0.29, 0.717) is 6.79 Å². The molecule has 0 aromatic heterocycles. The summed E-state index contributed by atoms with van der Waals surface area (Å²) >= 11 is 0. The van der Waals surface area contributed by atoms with Gasteiger partial charge in [-0.1, -0.05) is 109 Å². The third kappa shape index (κ3) is 5.59. The van der Waals surface area contributed by atoms with Crippen LogP contribution in [0, 0.1) is 11.3 Å². The van der Waals surface area contributed by atoms with Crippen LogP contribution in [0.5, 0.6) is 0 Å². The van der Waals surface area contributed by atoms with E-state index in [4.69, 9.17) is 9.47 Å². The fraction of sp³-hybridized carbons (Fsp3) is 0.324. The molecule has 6 rings (SSSR count). The number of benzene rings is 4. The summed E-state index contributed by atoms with van der Waals surface area (Å²) in [7, 11) is 0. The second-order valence-corrected chi connectivity index (χ2v) is 11.9. The molecule has 1 aliphatic heterocycles. The highest BCUT2D eigenvalue weighted by atomic mass is 16.7. The Morgan fingerprint density at radius 3 is 2.05 bits per heavy atom. The molecule has 1 fully saturated rings. The highest BCUT2D eigenvalue weighted by Crippen LogP contribution is 2.50. The average Bonchev–Trinajstić information content (AvgIpc) is 3.51. The third-order valence-electron chi connectivity index (χ3n) is 9.06. The van der Waals surface area contributed by atoms with E-state index in [1.165, 1.54) is 22.3 Å². The Hall–Kier alpha value is -3.75. The third-order valence-corrected chi connectivity index (χ3v) is 9.06. The molecule has 2 atom stereocenters. The van der Waals surface area contributed by atoms with Crippen LogP contribution >= 0.6 is 0 Å². The number of nitrogens with zero attached hydrogens (tertiary/aromatic N) is 2. The van der Waals surface area contributed by atoms with Crippen molar-refractivity contribution in [3.05, 3.63) is 131 Å². The van der Waals surface area contributed by atoms with Gasteiger partial charge in [0, 0.05) is 18.6 Å². The van der Waals surface area contributed by atoms with Gasteiger partial charge in [0.05, 0.1) is 12.2 Å². The summed E-state index contributed by atoms with van der Waals surface area (Å²) in [5.41, 5.74) is 6.40. The van der Waals surface area contributed by atoms with E-state index in [-0.39, 0.29) is 17.7 Å². The molecule has 0 radical (unpaired) electrons. The van der Waals surface area contributed by atoms with Crippen LogP contribution in [0.25, 0.3) is 11.1 Å². The van der Waals surface area contributed by atoms with Crippen molar-refractivity contribution in [1.82, 2.24) is 4.90 Å². The van der Waals surface area contributed by atoms with Gasteiger partial charge in [0.2, 0.25) is 0 Å². The van der Waals surface area contributed by atoms with E-state index >= 15 is 0 Å². The van der Waals surface area contributed by atoms with Gasteiger partial charge in [-0.05, 0) is 66.5 Å². The first-order valence-corrected chi connectivity index (χ1v) is 14.7. The van der Waals surface area contributed by atoms with E-state index in [0.717, 1.165) is 43.5 Å². The zero-order chi connectivity index (χ0) is 28.3. The van der Waals surface area contributed by atoms with E-state index in [9.17, 15) is 5.26 Å². The van der Waals surface area contributed by atoms with Gasteiger partial charge in [-0.2, -0.15) is 5.26 Å². The van der Waals surface area contributed by atoms with Crippen molar-refractivity contribution < 1.29 is 9.47 Å². The molecule has 0 saturated carbocycles. The van der Waals surface area contributed by atoms with Gasteiger partial charge < -0.3 is 9.47 Å². The van der Waals surface area contributed by atoms with Crippen molar-refractivity contribution in [2.24, 2.45) is 0 Å². The Morgan fingerprint density at radius 1 is 0.780 bits per heavy atom. The average molecular weight is 543 g/mol. The predicted molar refractivity (Wildman–Crippen MR) is 163 cm³/mol. The van der Waals surface area contributed by atoms with Crippen LogP contribution in [-0.4, -0.2) is 36.4 Å². The lowest BCUT2D eigenvalue weighted by atomic mass is 9.70. The molecular weight excluding hydrogens is 504 g/mol. The maximum absolute atomic E-state index is 10.6. The van der Waals surface area contributed by atoms with Gasteiger partial charge in [0.25, 0.3) is 0 Å². The largest absolute Gasteiger partial charge is 0.351 e. The van der Waals surface area contributed by atoms with Crippen LogP contribution in [0.2, 0.25) is 0 Å². The van der Waals surface area contributed by atoms with Crippen LogP contribution in [0.15, 0.2) is 109 Å². The SMILES string of the molecule is CC(C)(CCC(C#N)(c1ccccc1)c1ccccc1)N1CC[C@H](OCO[C@H]2c3cccc(-c4ccccc4)c32)C1. The molecule has 208 valence electrons. The van der Waals surface area contributed by atoms with Crippen molar-refractivity contribution in [2.75, 3.05) is 19.9 Å². The van der Waals surface area contributed by atoms with E-state index in [1.807, 2.05) is 42.5 Å². The molecular formula is C37H38N2O2. The van der Waals surface area contributed by atoms with Gasteiger partial charge in [-0.3, -0.25) is 4.90 Å². The minimum absolute atomic E-state index is 0.0317. The molecule has 0 bridgehead atoms. The zero-order valence-corrected chi connectivity index (χ0v) is 24.0. The van der Waals surface area contributed by atoms with E-state index < -0.39 is 5.41 Å². The molecule has 0 amide bonds. The first-order valence-electron chi connectivity index (χ1n) is 14.7. The number of nitriles is 1. The lowest BCUT2D eigenvalue weighted by molar-refractivity contribution is -0.0975. The minimum atomic E-state index is -0.679.